The van der Waals surface area contributed by atoms with Gasteiger partial charge >= 0.3 is 0 Å². The third-order valence-corrected chi connectivity index (χ3v) is 3.99. The Hall–Kier alpha value is -1.60. The monoisotopic (exact) mass is 298 g/mol. The van der Waals surface area contributed by atoms with Crippen LogP contribution in [0.15, 0.2) is 6.07 Å². The summed E-state index contributed by atoms with van der Waals surface area (Å²) in [4.78, 5) is 22.1. The van der Waals surface area contributed by atoms with Gasteiger partial charge in [-0.05, 0) is 19.9 Å². The van der Waals surface area contributed by atoms with Crippen LogP contribution in [0.25, 0.3) is 0 Å². The number of carbonyl (C=O) groups excluding carboxylic acids is 1. The van der Waals surface area contributed by atoms with Gasteiger partial charge in [0, 0.05) is 26.2 Å². The predicted octanol–water partition coefficient (Wildman–Crippen LogP) is 0.215. The summed E-state index contributed by atoms with van der Waals surface area (Å²) in [6.07, 6.45) is 1.27. The van der Waals surface area contributed by atoms with E-state index >= 15 is 0 Å². The van der Waals surface area contributed by atoms with Crippen LogP contribution in [-0.2, 0) is 4.79 Å². The third-order valence-electron chi connectivity index (χ3n) is 3.80. The number of rotatable bonds is 4. The number of aromatic nitrogens is 2. The first-order valence-electron chi connectivity index (χ1n) is 6.47. The van der Waals surface area contributed by atoms with Crippen LogP contribution < -0.4 is 21.3 Å². The van der Waals surface area contributed by atoms with Crippen LogP contribution in [0.4, 0.5) is 11.8 Å². The van der Waals surface area contributed by atoms with Crippen LogP contribution in [0, 0.1) is 0 Å². The lowest BCUT2D eigenvalue weighted by Gasteiger charge is -2.39. The van der Waals surface area contributed by atoms with Crippen molar-refractivity contribution in [2.45, 2.75) is 18.4 Å². The lowest BCUT2D eigenvalue weighted by atomic mass is 9.87. The zero-order chi connectivity index (χ0) is 14.8. The van der Waals surface area contributed by atoms with Crippen LogP contribution in [0.3, 0.4) is 0 Å². The molecule has 7 nitrogen and oxygen atoms in total. The molecule has 1 saturated heterocycles. The molecule has 1 aromatic heterocycles. The second-order valence-electron chi connectivity index (χ2n) is 4.81. The Morgan fingerprint density at radius 1 is 1.40 bits per heavy atom. The molecule has 1 amide bonds. The quantitative estimate of drug-likeness (QED) is 0.688. The molecule has 2 rings (SSSR count). The smallest absolute Gasteiger partial charge is 0.237 e. The van der Waals surface area contributed by atoms with Crippen LogP contribution in [0.2, 0.25) is 5.15 Å². The summed E-state index contributed by atoms with van der Waals surface area (Å²) in [6, 6.07) is 1.72. The minimum absolute atomic E-state index is 0.309. The number of piperidine rings is 1. The lowest BCUT2D eigenvalue weighted by Crippen LogP contribution is -2.59. The van der Waals surface area contributed by atoms with Crippen molar-refractivity contribution in [2.75, 3.05) is 37.4 Å². The molecule has 0 unspecified atom stereocenters. The van der Waals surface area contributed by atoms with Gasteiger partial charge in [-0.3, -0.25) is 4.79 Å². The molecule has 0 atom stereocenters. The fraction of sp³-hybridized carbons (Fsp3) is 0.583. The first kappa shape index (κ1) is 14.8. The standard InChI is InChI=1S/C12H19ClN6O/c1-15-11-17-8(13)7-9(18-11)19-5-3-12(16-2,4-6-19)10(14)20/h7,16H,3-6H2,1-2H3,(H2,14,20)(H,15,17,18). The summed E-state index contributed by atoms with van der Waals surface area (Å²) in [7, 11) is 3.51. The number of primary amides is 1. The van der Waals surface area contributed by atoms with Crippen LogP contribution in [0.5, 0.6) is 0 Å². The highest BCUT2D eigenvalue weighted by atomic mass is 35.5. The van der Waals surface area contributed by atoms with Gasteiger partial charge in [0.1, 0.15) is 16.5 Å². The number of amides is 1. The number of halogens is 1. The zero-order valence-electron chi connectivity index (χ0n) is 11.6. The maximum atomic E-state index is 11.6. The number of hydrogen-bond acceptors (Lipinski definition) is 6. The number of hydrogen-bond donors (Lipinski definition) is 3. The van der Waals surface area contributed by atoms with Gasteiger partial charge < -0.3 is 21.3 Å². The molecule has 1 aliphatic rings. The molecule has 0 aromatic carbocycles. The van der Waals surface area contributed by atoms with Gasteiger partial charge in [-0.25, -0.2) is 4.98 Å². The van der Waals surface area contributed by atoms with Crippen molar-refractivity contribution in [3.8, 4) is 0 Å². The van der Waals surface area contributed by atoms with Gasteiger partial charge in [-0.2, -0.15) is 4.98 Å². The molecular weight excluding hydrogens is 280 g/mol. The van der Waals surface area contributed by atoms with E-state index in [4.69, 9.17) is 17.3 Å². The van der Waals surface area contributed by atoms with E-state index in [1.54, 1.807) is 20.2 Å². The Bertz CT molecular complexity index is 501. The van der Waals surface area contributed by atoms with E-state index in [9.17, 15) is 4.79 Å². The minimum atomic E-state index is -0.626. The van der Waals surface area contributed by atoms with Crippen molar-refractivity contribution in [1.29, 1.82) is 0 Å². The molecule has 0 spiro atoms. The van der Waals surface area contributed by atoms with Crippen molar-refractivity contribution >= 4 is 29.3 Å². The lowest BCUT2D eigenvalue weighted by molar-refractivity contribution is -0.125. The highest BCUT2D eigenvalue weighted by Crippen LogP contribution is 2.26. The number of nitrogens with two attached hydrogens (primary N) is 1. The van der Waals surface area contributed by atoms with E-state index in [1.807, 2.05) is 0 Å². The van der Waals surface area contributed by atoms with E-state index in [-0.39, 0.29) is 5.91 Å². The molecule has 0 bridgehead atoms. The average molecular weight is 299 g/mol. The maximum Gasteiger partial charge on any atom is 0.237 e. The summed E-state index contributed by atoms with van der Waals surface area (Å²) < 4.78 is 0. The van der Waals surface area contributed by atoms with Crippen LogP contribution in [-0.4, -0.2) is 48.6 Å². The number of nitrogens with zero attached hydrogens (tertiary/aromatic N) is 3. The molecule has 0 radical (unpaired) electrons. The van der Waals surface area contributed by atoms with Crippen molar-refractivity contribution < 1.29 is 4.79 Å². The van der Waals surface area contributed by atoms with Gasteiger partial charge in [-0.1, -0.05) is 11.6 Å². The summed E-state index contributed by atoms with van der Waals surface area (Å²) in [5, 5.41) is 6.31. The maximum absolute atomic E-state index is 11.6. The first-order valence-corrected chi connectivity index (χ1v) is 6.84. The Labute approximate surface area is 122 Å². The van der Waals surface area contributed by atoms with Gasteiger partial charge in [0.2, 0.25) is 11.9 Å². The summed E-state index contributed by atoms with van der Waals surface area (Å²) >= 11 is 5.98. The fourth-order valence-corrected chi connectivity index (χ4v) is 2.59. The minimum Gasteiger partial charge on any atom is -0.368 e. The molecule has 8 heteroatoms. The van der Waals surface area contributed by atoms with E-state index in [1.165, 1.54) is 0 Å². The number of likely N-dealkylation sites (N-methyl/N-ethyl adjacent to an activating group) is 1. The number of carbonyl (C=O) groups is 1. The summed E-state index contributed by atoms with van der Waals surface area (Å²) in [5.41, 5.74) is 4.86. The van der Waals surface area contributed by atoms with Crippen molar-refractivity contribution in [1.82, 2.24) is 15.3 Å². The third kappa shape index (κ3) is 2.78. The SMILES string of the molecule is CNc1nc(Cl)cc(N2CCC(NC)(C(N)=O)CC2)n1. The Balaban J connectivity index is 2.14. The second kappa shape index (κ2) is 5.80. The highest BCUT2D eigenvalue weighted by Gasteiger charge is 2.38. The predicted molar refractivity (Wildman–Crippen MR) is 79.0 cm³/mol. The van der Waals surface area contributed by atoms with Gasteiger partial charge in [0.15, 0.2) is 0 Å². The van der Waals surface area contributed by atoms with E-state index in [2.05, 4.69) is 25.5 Å². The van der Waals surface area contributed by atoms with Gasteiger partial charge in [0.25, 0.3) is 0 Å². The molecule has 1 aromatic rings. The van der Waals surface area contributed by atoms with E-state index in [0.717, 1.165) is 5.82 Å². The molecular formula is C12H19ClN6O. The Morgan fingerprint density at radius 2 is 2.05 bits per heavy atom. The normalized spacial score (nSPS) is 17.9. The van der Waals surface area contributed by atoms with E-state index < -0.39 is 5.54 Å². The van der Waals surface area contributed by atoms with Crippen molar-refractivity contribution in [3.63, 3.8) is 0 Å². The molecule has 0 saturated carbocycles. The molecule has 20 heavy (non-hydrogen) atoms. The molecule has 4 N–H and O–H groups in total. The van der Waals surface area contributed by atoms with Crippen molar-refractivity contribution in [2.24, 2.45) is 5.73 Å². The Morgan fingerprint density at radius 3 is 2.55 bits per heavy atom. The molecule has 0 aliphatic carbocycles. The van der Waals surface area contributed by atoms with Gasteiger partial charge in [0.05, 0.1) is 0 Å². The second-order valence-corrected chi connectivity index (χ2v) is 5.19. The summed E-state index contributed by atoms with van der Waals surface area (Å²) in [6.45, 7) is 1.36. The summed E-state index contributed by atoms with van der Waals surface area (Å²) in [5.74, 6) is 0.924. The molecule has 1 fully saturated rings. The molecule has 1 aliphatic heterocycles. The first-order chi connectivity index (χ1) is 9.50. The van der Waals surface area contributed by atoms with Gasteiger partial charge in [-0.15, -0.1) is 0 Å². The van der Waals surface area contributed by atoms with Crippen molar-refractivity contribution in [3.05, 3.63) is 11.2 Å². The largest absolute Gasteiger partial charge is 0.368 e. The fourth-order valence-electron chi connectivity index (χ4n) is 2.42. The number of nitrogens with one attached hydrogen (secondary N) is 2. The van der Waals surface area contributed by atoms with E-state index in [0.29, 0.717) is 37.0 Å². The zero-order valence-corrected chi connectivity index (χ0v) is 12.4. The van der Waals surface area contributed by atoms with Crippen LogP contribution in [0.1, 0.15) is 12.8 Å². The Kier molecular flexibility index (Phi) is 4.29. The molecule has 110 valence electrons. The highest BCUT2D eigenvalue weighted by molar-refractivity contribution is 6.29. The topological polar surface area (TPSA) is 96.2 Å². The van der Waals surface area contributed by atoms with Crippen LogP contribution >= 0.6 is 11.6 Å². The average Bonchev–Trinajstić information content (AvgIpc) is 2.46. The number of anilines is 2. The molecule has 2 heterocycles.